The maximum Gasteiger partial charge on any atom is 0.293 e. The molecule has 0 unspecified atom stereocenters. The molecule has 0 aliphatic carbocycles. The van der Waals surface area contributed by atoms with E-state index in [1.165, 1.54) is 21.7 Å². The minimum atomic E-state index is -0.184. The van der Waals surface area contributed by atoms with Gasteiger partial charge in [-0.25, -0.2) is 0 Å². The Morgan fingerprint density at radius 2 is 1.74 bits per heavy atom. The van der Waals surface area contributed by atoms with Crippen molar-refractivity contribution in [1.82, 2.24) is 9.47 Å². The molecule has 1 fully saturated rings. The molecular weight excluding hydrogens is 356 g/mol. The second kappa shape index (κ2) is 7.39. The number of carbonyl (C=O) groups is 2. The number of aromatic nitrogens is 1. The van der Waals surface area contributed by atoms with Crippen LogP contribution in [0, 0.1) is 27.7 Å². The molecule has 2 heterocycles. The van der Waals surface area contributed by atoms with Crippen LogP contribution in [0.1, 0.15) is 48.3 Å². The SMILES string of the molecule is CC[C@@H](C)N1C(=O)S/C(=C/c2cc(C)n(-c3c(C)cccc3C)c2C)C1=O. The van der Waals surface area contributed by atoms with Gasteiger partial charge in [0.15, 0.2) is 0 Å². The average molecular weight is 383 g/mol. The fraction of sp³-hybridized carbons (Fsp3) is 0.364. The normalized spacial score (nSPS) is 17.3. The predicted molar refractivity (Wildman–Crippen MR) is 112 cm³/mol. The maximum absolute atomic E-state index is 12.7. The Kier molecular flexibility index (Phi) is 5.33. The van der Waals surface area contributed by atoms with E-state index in [0.29, 0.717) is 4.91 Å². The Balaban J connectivity index is 2.05. The van der Waals surface area contributed by atoms with Crippen LogP contribution < -0.4 is 0 Å². The van der Waals surface area contributed by atoms with E-state index in [0.717, 1.165) is 35.1 Å². The number of carbonyl (C=O) groups excluding carboxylic acids is 2. The minimum absolute atomic E-state index is 0.0783. The summed E-state index contributed by atoms with van der Waals surface area (Å²) in [6.45, 7) is 12.2. The van der Waals surface area contributed by atoms with Crippen molar-refractivity contribution in [3.05, 3.63) is 57.2 Å². The molecule has 0 spiro atoms. The largest absolute Gasteiger partial charge is 0.317 e. The van der Waals surface area contributed by atoms with Crippen LogP contribution in [0.5, 0.6) is 0 Å². The quantitative estimate of drug-likeness (QED) is 0.652. The number of hydrogen-bond acceptors (Lipinski definition) is 3. The molecule has 27 heavy (non-hydrogen) atoms. The van der Waals surface area contributed by atoms with Crippen molar-refractivity contribution in [2.75, 3.05) is 0 Å². The van der Waals surface area contributed by atoms with Crippen molar-refractivity contribution in [2.24, 2.45) is 0 Å². The first-order valence-corrected chi connectivity index (χ1v) is 10.1. The zero-order valence-corrected chi connectivity index (χ0v) is 17.6. The molecule has 2 amide bonds. The van der Waals surface area contributed by atoms with E-state index in [4.69, 9.17) is 0 Å². The third kappa shape index (κ3) is 3.36. The molecule has 142 valence electrons. The lowest BCUT2D eigenvalue weighted by Crippen LogP contribution is -2.36. The van der Waals surface area contributed by atoms with Gasteiger partial charge in [0.25, 0.3) is 11.1 Å². The van der Waals surface area contributed by atoms with E-state index in [1.807, 2.05) is 19.9 Å². The Bertz CT molecular complexity index is 935. The van der Waals surface area contributed by atoms with Crippen molar-refractivity contribution in [3.63, 3.8) is 0 Å². The third-order valence-electron chi connectivity index (χ3n) is 5.28. The Morgan fingerprint density at radius 3 is 2.33 bits per heavy atom. The van der Waals surface area contributed by atoms with Crippen molar-refractivity contribution in [1.29, 1.82) is 0 Å². The van der Waals surface area contributed by atoms with Gasteiger partial charge >= 0.3 is 0 Å². The van der Waals surface area contributed by atoms with Crippen LogP contribution in [0.25, 0.3) is 11.8 Å². The minimum Gasteiger partial charge on any atom is -0.317 e. The molecule has 1 aromatic heterocycles. The van der Waals surface area contributed by atoms with Gasteiger partial charge in [0.1, 0.15) is 0 Å². The summed E-state index contributed by atoms with van der Waals surface area (Å²) in [4.78, 5) is 26.9. The van der Waals surface area contributed by atoms with Gasteiger partial charge in [0, 0.05) is 17.4 Å². The Morgan fingerprint density at radius 1 is 1.11 bits per heavy atom. The zero-order valence-electron chi connectivity index (χ0n) is 16.8. The van der Waals surface area contributed by atoms with Crippen LogP contribution in [0.15, 0.2) is 29.2 Å². The number of benzene rings is 1. The molecule has 0 bridgehead atoms. The van der Waals surface area contributed by atoms with E-state index in [2.05, 4.69) is 56.5 Å². The summed E-state index contributed by atoms with van der Waals surface area (Å²) in [5, 5.41) is -0.177. The highest BCUT2D eigenvalue weighted by molar-refractivity contribution is 8.18. The molecule has 0 saturated carbocycles. The number of amides is 2. The molecule has 4 nitrogen and oxygen atoms in total. The lowest BCUT2D eigenvalue weighted by atomic mass is 10.1. The van der Waals surface area contributed by atoms with E-state index in [-0.39, 0.29) is 17.2 Å². The highest BCUT2D eigenvalue weighted by Crippen LogP contribution is 2.35. The van der Waals surface area contributed by atoms with Crippen LogP contribution in [0.4, 0.5) is 4.79 Å². The molecule has 2 aromatic rings. The molecule has 0 N–H and O–H groups in total. The van der Waals surface area contributed by atoms with Crippen LogP contribution in [-0.2, 0) is 4.79 Å². The summed E-state index contributed by atoms with van der Waals surface area (Å²) < 4.78 is 2.23. The number of thioether (sulfide) groups is 1. The first-order valence-electron chi connectivity index (χ1n) is 9.28. The average Bonchev–Trinajstić information content (AvgIpc) is 3.04. The van der Waals surface area contributed by atoms with Crippen molar-refractivity contribution in [3.8, 4) is 5.69 Å². The summed E-state index contributed by atoms with van der Waals surface area (Å²) >= 11 is 1.04. The third-order valence-corrected chi connectivity index (χ3v) is 6.16. The molecule has 0 radical (unpaired) electrons. The molecule has 1 aliphatic rings. The van der Waals surface area contributed by atoms with Crippen LogP contribution in [0.2, 0.25) is 0 Å². The zero-order chi connectivity index (χ0) is 19.9. The summed E-state index contributed by atoms with van der Waals surface area (Å²) in [5.41, 5.74) is 6.75. The number of hydrogen-bond donors (Lipinski definition) is 0. The highest BCUT2D eigenvalue weighted by Gasteiger charge is 2.37. The number of aryl methyl sites for hydroxylation is 3. The summed E-state index contributed by atoms with van der Waals surface area (Å²) in [6.07, 6.45) is 2.62. The summed E-state index contributed by atoms with van der Waals surface area (Å²) in [5.74, 6) is -0.184. The van der Waals surface area contributed by atoms with Crippen molar-refractivity contribution >= 4 is 29.0 Å². The van der Waals surface area contributed by atoms with Crippen LogP contribution in [0.3, 0.4) is 0 Å². The molecule has 5 heteroatoms. The second-order valence-corrected chi connectivity index (χ2v) is 8.20. The molecule has 1 atom stereocenters. The van der Waals surface area contributed by atoms with E-state index < -0.39 is 0 Å². The Hall–Kier alpha value is -2.27. The fourth-order valence-corrected chi connectivity index (χ4v) is 4.54. The molecular formula is C22H26N2O2S. The van der Waals surface area contributed by atoms with Gasteiger partial charge in [-0.3, -0.25) is 14.5 Å². The first kappa shape index (κ1) is 19.5. The lowest BCUT2D eigenvalue weighted by molar-refractivity contribution is -0.124. The fourth-order valence-electron chi connectivity index (χ4n) is 3.62. The Labute approximate surface area is 165 Å². The van der Waals surface area contributed by atoms with Crippen LogP contribution >= 0.6 is 11.8 Å². The van der Waals surface area contributed by atoms with Gasteiger partial charge in [-0.15, -0.1) is 0 Å². The molecule has 3 rings (SSSR count). The predicted octanol–water partition coefficient (Wildman–Crippen LogP) is 5.55. The molecule has 1 saturated heterocycles. The number of para-hydroxylation sites is 1. The standard InChI is InChI=1S/C22H26N2O2S/c1-7-15(4)24-21(25)19(27-22(24)26)12-18-11-16(5)23(17(18)6)20-13(2)9-8-10-14(20)3/h8-12,15H,7H2,1-6H3/b19-12+/t15-/m1/s1. The van der Waals surface area contributed by atoms with Gasteiger partial charge in [-0.1, -0.05) is 25.1 Å². The van der Waals surface area contributed by atoms with E-state index in [1.54, 1.807) is 0 Å². The van der Waals surface area contributed by atoms with Crippen LogP contribution in [-0.4, -0.2) is 26.7 Å². The van der Waals surface area contributed by atoms with Crippen molar-refractivity contribution in [2.45, 2.75) is 54.0 Å². The lowest BCUT2D eigenvalue weighted by Gasteiger charge is -2.19. The topological polar surface area (TPSA) is 42.3 Å². The van der Waals surface area contributed by atoms with E-state index >= 15 is 0 Å². The number of nitrogens with zero attached hydrogens (tertiary/aromatic N) is 2. The number of rotatable bonds is 4. The van der Waals surface area contributed by atoms with Gasteiger partial charge in [0.2, 0.25) is 0 Å². The van der Waals surface area contributed by atoms with E-state index in [9.17, 15) is 9.59 Å². The number of imide groups is 1. The van der Waals surface area contributed by atoms with Gasteiger partial charge in [-0.05, 0) is 81.6 Å². The first-order chi connectivity index (χ1) is 12.8. The second-order valence-electron chi connectivity index (χ2n) is 7.21. The van der Waals surface area contributed by atoms with Gasteiger partial charge in [0.05, 0.1) is 10.6 Å². The highest BCUT2D eigenvalue weighted by atomic mass is 32.2. The summed E-state index contributed by atoms with van der Waals surface area (Å²) in [6, 6.07) is 8.29. The molecule has 1 aromatic carbocycles. The van der Waals surface area contributed by atoms with Crippen molar-refractivity contribution < 1.29 is 9.59 Å². The summed E-state index contributed by atoms with van der Waals surface area (Å²) in [7, 11) is 0. The smallest absolute Gasteiger partial charge is 0.293 e. The maximum atomic E-state index is 12.7. The van der Waals surface area contributed by atoms with Gasteiger partial charge in [-0.2, -0.15) is 0 Å². The molecule has 1 aliphatic heterocycles. The van der Waals surface area contributed by atoms with Gasteiger partial charge < -0.3 is 4.57 Å². The monoisotopic (exact) mass is 382 g/mol.